The van der Waals surface area contributed by atoms with Crippen LogP contribution in [-0.2, 0) is 11.2 Å². The van der Waals surface area contributed by atoms with E-state index in [1.807, 2.05) is 0 Å². The van der Waals surface area contributed by atoms with Gasteiger partial charge in [0.15, 0.2) is 5.84 Å². The summed E-state index contributed by atoms with van der Waals surface area (Å²) in [6, 6.07) is 2.17. The average Bonchev–Trinajstić information content (AvgIpc) is 3.16. The molecule has 1 fully saturated rings. The topological polar surface area (TPSA) is 87.7 Å². The summed E-state index contributed by atoms with van der Waals surface area (Å²) in [4.78, 5) is 14.2. The SMILES string of the molecule is NC(=NO)C1(C(=O)NC2CCCc3sccc32)CCCC1. The molecule has 3 rings (SSSR count). The van der Waals surface area contributed by atoms with Crippen LogP contribution in [0.2, 0.25) is 0 Å². The van der Waals surface area contributed by atoms with Gasteiger partial charge in [0.05, 0.1) is 6.04 Å². The molecule has 4 N–H and O–H groups in total. The molecular weight excluding hydrogens is 286 g/mol. The van der Waals surface area contributed by atoms with Crippen LogP contribution in [0.1, 0.15) is 55.0 Å². The first-order valence-electron chi connectivity index (χ1n) is 7.52. The van der Waals surface area contributed by atoms with Gasteiger partial charge in [0.25, 0.3) is 0 Å². The molecule has 1 saturated carbocycles. The van der Waals surface area contributed by atoms with Crippen molar-refractivity contribution in [1.29, 1.82) is 0 Å². The Bertz CT molecular complexity index is 561. The van der Waals surface area contributed by atoms with E-state index in [0.29, 0.717) is 12.8 Å². The van der Waals surface area contributed by atoms with Crippen molar-refractivity contribution < 1.29 is 10.0 Å². The van der Waals surface area contributed by atoms with Crippen LogP contribution in [-0.4, -0.2) is 17.0 Å². The number of fused-ring (bicyclic) bond motifs is 1. The van der Waals surface area contributed by atoms with E-state index in [2.05, 4.69) is 21.9 Å². The molecule has 0 bridgehead atoms. The van der Waals surface area contributed by atoms with Gasteiger partial charge >= 0.3 is 0 Å². The number of oxime groups is 1. The van der Waals surface area contributed by atoms with Gasteiger partial charge in [0.1, 0.15) is 5.41 Å². The molecular formula is C15H21N3O2S. The number of thiophene rings is 1. The third-order valence-electron chi connectivity index (χ3n) is 4.85. The van der Waals surface area contributed by atoms with Crippen LogP contribution in [0.5, 0.6) is 0 Å². The second-order valence-electron chi connectivity index (χ2n) is 5.99. The van der Waals surface area contributed by atoms with Crippen LogP contribution in [0.15, 0.2) is 16.6 Å². The van der Waals surface area contributed by atoms with E-state index in [1.54, 1.807) is 11.3 Å². The van der Waals surface area contributed by atoms with Crippen LogP contribution >= 0.6 is 11.3 Å². The molecule has 6 heteroatoms. The minimum Gasteiger partial charge on any atom is -0.409 e. The molecule has 1 amide bonds. The van der Waals surface area contributed by atoms with Gasteiger partial charge in [-0.2, -0.15) is 0 Å². The van der Waals surface area contributed by atoms with Gasteiger partial charge in [-0.25, -0.2) is 0 Å². The number of amides is 1. The Morgan fingerprint density at radius 2 is 2.19 bits per heavy atom. The van der Waals surface area contributed by atoms with Gasteiger partial charge in [0, 0.05) is 4.88 Å². The third kappa shape index (κ3) is 2.41. The van der Waals surface area contributed by atoms with Gasteiger partial charge < -0.3 is 16.3 Å². The number of aryl methyl sites for hydroxylation is 1. The van der Waals surface area contributed by atoms with Crippen molar-refractivity contribution in [3.05, 3.63) is 21.9 Å². The standard InChI is InChI=1S/C15H21N3O2S/c16-13(18-20)15(7-1-2-8-15)14(19)17-11-4-3-5-12-10(11)6-9-21-12/h6,9,11,20H,1-5,7-8H2,(H2,16,18)(H,17,19). The van der Waals surface area contributed by atoms with E-state index in [4.69, 9.17) is 10.9 Å². The second kappa shape index (κ2) is 5.67. The lowest BCUT2D eigenvalue weighted by atomic mass is 9.82. The molecule has 0 saturated heterocycles. The summed E-state index contributed by atoms with van der Waals surface area (Å²) >= 11 is 1.76. The van der Waals surface area contributed by atoms with Crippen molar-refractivity contribution in [2.75, 3.05) is 0 Å². The molecule has 2 aliphatic rings. The van der Waals surface area contributed by atoms with Gasteiger partial charge in [-0.1, -0.05) is 18.0 Å². The maximum absolute atomic E-state index is 12.8. The van der Waals surface area contributed by atoms with E-state index >= 15 is 0 Å². The third-order valence-corrected chi connectivity index (χ3v) is 5.84. The highest BCUT2D eigenvalue weighted by atomic mass is 32.1. The number of carbonyl (C=O) groups excluding carboxylic acids is 1. The normalized spacial score (nSPS) is 24.6. The summed E-state index contributed by atoms with van der Waals surface area (Å²) in [7, 11) is 0. The lowest BCUT2D eigenvalue weighted by molar-refractivity contribution is -0.128. The van der Waals surface area contributed by atoms with E-state index in [0.717, 1.165) is 32.1 Å². The summed E-state index contributed by atoms with van der Waals surface area (Å²) in [6.07, 6.45) is 6.37. The molecule has 1 heterocycles. The molecule has 1 aromatic rings. The van der Waals surface area contributed by atoms with Crippen molar-refractivity contribution in [1.82, 2.24) is 5.32 Å². The molecule has 0 aromatic carbocycles. The monoisotopic (exact) mass is 307 g/mol. The van der Waals surface area contributed by atoms with Gasteiger partial charge in [0.2, 0.25) is 5.91 Å². The minimum absolute atomic E-state index is 0.0545. The molecule has 21 heavy (non-hydrogen) atoms. The van der Waals surface area contributed by atoms with Crippen LogP contribution in [0.4, 0.5) is 0 Å². The highest BCUT2D eigenvalue weighted by molar-refractivity contribution is 7.10. The van der Waals surface area contributed by atoms with E-state index in [9.17, 15) is 4.79 Å². The smallest absolute Gasteiger partial charge is 0.234 e. The minimum atomic E-state index is -0.817. The van der Waals surface area contributed by atoms with E-state index in [-0.39, 0.29) is 17.8 Å². The first-order chi connectivity index (χ1) is 10.2. The Morgan fingerprint density at radius 3 is 2.90 bits per heavy atom. The zero-order valence-corrected chi connectivity index (χ0v) is 12.8. The number of nitrogens with zero attached hydrogens (tertiary/aromatic N) is 1. The second-order valence-corrected chi connectivity index (χ2v) is 6.99. The van der Waals surface area contributed by atoms with Crippen LogP contribution in [0.25, 0.3) is 0 Å². The molecule has 2 aliphatic carbocycles. The van der Waals surface area contributed by atoms with Crippen LogP contribution < -0.4 is 11.1 Å². The molecule has 5 nitrogen and oxygen atoms in total. The Kier molecular flexibility index (Phi) is 3.89. The predicted molar refractivity (Wildman–Crippen MR) is 82.5 cm³/mol. The fourth-order valence-electron chi connectivity index (χ4n) is 3.61. The summed E-state index contributed by atoms with van der Waals surface area (Å²) < 4.78 is 0. The highest BCUT2D eigenvalue weighted by Crippen LogP contribution is 2.40. The number of carbonyl (C=O) groups is 1. The lowest BCUT2D eigenvalue weighted by Crippen LogP contribution is -2.49. The molecule has 1 unspecified atom stereocenters. The number of hydrogen-bond acceptors (Lipinski definition) is 4. The molecule has 1 aromatic heterocycles. The molecule has 114 valence electrons. The zero-order valence-electron chi connectivity index (χ0n) is 12.0. The zero-order chi connectivity index (χ0) is 14.9. The Balaban J connectivity index is 1.81. The molecule has 0 radical (unpaired) electrons. The fourth-order valence-corrected chi connectivity index (χ4v) is 4.59. The van der Waals surface area contributed by atoms with Crippen molar-refractivity contribution in [3.8, 4) is 0 Å². The van der Waals surface area contributed by atoms with Crippen molar-refractivity contribution in [3.63, 3.8) is 0 Å². The number of hydrogen-bond donors (Lipinski definition) is 3. The van der Waals surface area contributed by atoms with Gasteiger partial charge in [-0.3, -0.25) is 4.79 Å². The maximum Gasteiger partial charge on any atom is 0.234 e. The summed E-state index contributed by atoms with van der Waals surface area (Å²) in [5.74, 6) is -0.0294. The predicted octanol–water partition coefficient (Wildman–Crippen LogP) is 2.55. The van der Waals surface area contributed by atoms with Gasteiger partial charge in [-0.05, 0) is 49.1 Å². The van der Waals surface area contributed by atoms with Crippen LogP contribution in [0.3, 0.4) is 0 Å². The lowest BCUT2D eigenvalue weighted by Gasteiger charge is -2.31. The van der Waals surface area contributed by atoms with Crippen molar-refractivity contribution in [2.45, 2.75) is 51.0 Å². The number of rotatable bonds is 3. The Labute approximate surface area is 128 Å². The largest absolute Gasteiger partial charge is 0.409 e. The van der Waals surface area contributed by atoms with Crippen LogP contribution in [0, 0.1) is 5.41 Å². The first-order valence-corrected chi connectivity index (χ1v) is 8.40. The maximum atomic E-state index is 12.8. The Hall–Kier alpha value is -1.56. The van der Waals surface area contributed by atoms with E-state index < -0.39 is 5.41 Å². The molecule has 0 aliphatic heterocycles. The first kappa shape index (κ1) is 14.4. The summed E-state index contributed by atoms with van der Waals surface area (Å²) in [5, 5.41) is 17.4. The number of amidine groups is 1. The molecule has 0 spiro atoms. The van der Waals surface area contributed by atoms with Crippen molar-refractivity contribution >= 4 is 23.1 Å². The van der Waals surface area contributed by atoms with E-state index in [1.165, 1.54) is 10.4 Å². The fraction of sp³-hybridized carbons (Fsp3) is 0.600. The van der Waals surface area contributed by atoms with Crippen molar-refractivity contribution in [2.24, 2.45) is 16.3 Å². The highest BCUT2D eigenvalue weighted by Gasteiger charge is 2.46. The van der Waals surface area contributed by atoms with Gasteiger partial charge in [-0.15, -0.1) is 11.3 Å². The molecule has 1 atom stereocenters. The summed E-state index contributed by atoms with van der Waals surface area (Å²) in [5.41, 5.74) is 6.26. The average molecular weight is 307 g/mol. The number of nitrogens with one attached hydrogen (secondary N) is 1. The quantitative estimate of drug-likeness (QED) is 0.347. The summed E-state index contributed by atoms with van der Waals surface area (Å²) in [6.45, 7) is 0. The number of nitrogens with two attached hydrogens (primary N) is 1. The Morgan fingerprint density at radius 1 is 1.43 bits per heavy atom.